The maximum atomic E-state index is 12.6. The zero-order valence-electron chi connectivity index (χ0n) is 17.4. The van der Waals surface area contributed by atoms with Crippen LogP contribution in [0.4, 0.5) is 0 Å². The van der Waals surface area contributed by atoms with Crippen molar-refractivity contribution < 1.29 is 14.3 Å². The van der Waals surface area contributed by atoms with Gasteiger partial charge in [0.1, 0.15) is 0 Å². The fraction of sp³-hybridized carbons (Fsp3) is 0.375. The molecule has 1 saturated heterocycles. The Morgan fingerprint density at radius 1 is 1.07 bits per heavy atom. The summed E-state index contributed by atoms with van der Waals surface area (Å²) in [4.78, 5) is 16.8. The Hall–Kier alpha value is -2.79. The van der Waals surface area contributed by atoms with E-state index < -0.39 is 0 Å². The molecular weight excluding hydrogens is 364 g/mol. The minimum Gasteiger partial charge on any atom is -0.493 e. The SMILES string of the molecule is C=CCc1ccc(OCC(=O)N2CCN(Cc3cccc(C)c3)CC2)c(OC)c1. The van der Waals surface area contributed by atoms with Gasteiger partial charge >= 0.3 is 0 Å². The van der Waals surface area contributed by atoms with Gasteiger partial charge in [0, 0.05) is 32.7 Å². The van der Waals surface area contributed by atoms with Crippen molar-refractivity contribution in [1.29, 1.82) is 0 Å². The first kappa shape index (κ1) is 20.9. The van der Waals surface area contributed by atoms with Gasteiger partial charge in [-0.05, 0) is 36.6 Å². The number of methoxy groups -OCH3 is 1. The van der Waals surface area contributed by atoms with Crippen molar-refractivity contribution in [2.75, 3.05) is 39.9 Å². The molecule has 1 aliphatic rings. The molecule has 0 radical (unpaired) electrons. The largest absolute Gasteiger partial charge is 0.493 e. The van der Waals surface area contributed by atoms with Crippen LogP contribution in [0.1, 0.15) is 16.7 Å². The molecule has 5 nitrogen and oxygen atoms in total. The quantitative estimate of drug-likeness (QED) is 0.643. The van der Waals surface area contributed by atoms with E-state index in [1.54, 1.807) is 7.11 Å². The fourth-order valence-electron chi connectivity index (χ4n) is 3.58. The average molecular weight is 395 g/mol. The summed E-state index contributed by atoms with van der Waals surface area (Å²) in [5.74, 6) is 1.24. The molecule has 29 heavy (non-hydrogen) atoms. The first-order chi connectivity index (χ1) is 14.1. The normalized spacial score (nSPS) is 14.5. The van der Waals surface area contributed by atoms with Crippen LogP contribution in [-0.4, -0.2) is 55.6 Å². The van der Waals surface area contributed by atoms with Crippen molar-refractivity contribution in [1.82, 2.24) is 9.80 Å². The van der Waals surface area contributed by atoms with E-state index in [0.29, 0.717) is 11.5 Å². The van der Waals surface area contributed by atoms with Gasteiger partial charge < -0.3 is 14.4 Å². The van der Waals surface area contributed by atoms with Gasteiger partial charge in [-0.25, -0.2) is 0 Å². The van der Waals surface area contributed by atoms with E-state index in [1.807, 2.05) is 29.2 Å². The number of allylic oxidation sites excluding steroid dienone is 1. The molecule has 154 valence electrons. The second-order valence-corrected chi connectivity index (χ2v) is 7.41. The third-order valence-electron chi connectivity index (χ3n) is 5.17. The van der Waals surface area contributed by atoms with Crippen LogP contribution in [0.5, 0.6) is 11.5 Å². The summed E-state index contributed by atoms with van der Waals surface area (Å²) in [6.45, 7) is 10.0. The molecule has 0 saturated carbocycles. The summed E-state index contributed by atoms with van der Waals surface area (Å²) in [6, 6.07) is 14.3. The predicted octanol–water partition coefficient (Wildman–Crippen LogP) is 3.46. The van der Waals surface area contributed by atoms with Crippen molar-refractivity contribution in [3.8, 4) is 11.5 Å². The Bertz CT molecular complexity index is 842. The topological polar surface area (TPSA) is 42.0 Å². The maximum absolute atomic E-state index is 12.6. The molecule has 5 heteroatoms. The summed E-state index contributed by atoms with van der Waals surface area (Å²) in [6.07, 6.45) is 2.61. The number of hydrogen-bond donors (Lipinski definition) is 0. The van der Waals surface area contributed by atoms with Crippen LogP contribution in [0.3, 0.4) is 0 Å². The van der Waals surface area contributed by atoms with Crippen LogP contribution in [0.15, 0.2) is 55.1 Å². The molecule has 1 heterocycles. The van der Waals surface area contributed by atoms with Crippen LogP contribution in [0.2, 0.25) is 0 Å². The van der Waals surface area contributed by atoms with Crippen molar-refractivity contribution in [2.45, 2.75) is 19.9 Å². The lowest BCUT2D eigenvalue weighted by Gasteiger charge is -2.34. The Balaban J connectivity index is 1.48. The lowest BCUT2D eigenvalue weighted by atomic mass is 10.1. The van der Waals surface area contributed by atoms with Gasteiger partial charge in [-0.3, -0.25) is 9.69 Å². The molecule has 1 fully saturated rings. The number of carbonyl (C=O) groups excluding carboxylic acids is 1. The van der Waals surface area contributed by atoms with E-state index in [2.05, 4.69) is 42.7 Å². The number of hydrogen-bond acceptors (Lipinski definition) is 4. The number of carbonyl (C=O) groups is 1. The van der Waals surface area contributed by atoms with Gasteiger partial charge in [-0.15, -0.1) is 6.58 Å². The number of ether oxygens (including phenoxy) is 2. The molecular formula is C24H30N2O3. The highest BCUT2D eigenvalue weighted by Gasteiger charge is 2.22. The first-order valence-corrected chi connectivity index (χ1v) is 10.1. The summed E-state index contributed by atoms with van der Waals surface area (Å²) in [7, 11) is 1.61. The van der Waals surface area contributed by atoms with Crippen LogP contribution in [0.25, 0.3) is 0 Å². The monoisotopic (exact) mass is 394 g/mol. The lowest BCUT2D eigenvalue weighted by Crippen LogP contribution is -2.49. The summed E-state index contributed by atoms with van der Waals surface area (Å²) >= 11 is 0. The van der Waals surface area contributed by atoms with Crippen molar-refractivity contribution in [3.63, 3.8) is 0 Å². The molecule has 1 aliphatic heterocycles. The zero-order chi connectivity index (χ0) is 20.6. The fourth-order valence-corrected chi connectivity index (χ4v) is 3.58. The highest BCUT2D eigenvalue weighted by Crippen LogP contribution is 2.28. The second kappa shape index (κ2) is 10.1. The van der Waals surface area contributed by atoms with Gasteiger partial charge in [-0.1, -0.05) is 42.0 Å². The van der Waals surface area contributed by atoms with Gasteiger partial charge in [0.15, 0.2) is 18.1 Å². The number of benzene rings is 2. The Morgan fingerprint density at radius 3 is 2.55 bits per heavy atom. The number of aryl methyl sites for hydroxylation is 1. The lowest BCUT2D eigenvalue weighted by molar-refractivity contribution is -0.135. The first-order valence-electron chi connectivity index (χ1n) is 10.1. The van der Waals surface area contributed by atoms with E-state index in [0.717, 1.165) is 44.7 Å². The Labute approximate surface area is 173 Å². The number of rotatable bonds is 8. The minimum atomic E-state index is 0.0115. The van der Waals surface area contributed by atoms with E-state index in [4.69, 9.17) is 9.47 Å². The molecule has 0 bridgehead atoms. The third-order valence-corrected chi connectivity index (χ3v) is 5.17. The standard InChI is InChI=1S/C24H30N2O3/c1-4-6-20-9-10-22(23(16-20)28-3)29-18-24(27)26-13-11-25(12-14-26)17-21-8-5-7-19(2)15-21/h4-5,7-10,15-16H,1,6,11-14,17-18H2,2-3H3. The third kappa shape index (κ3) is 5.84. The smallest absolute Gasteiger partial charge is 0.260 e. The summed E-state index contributed by atoms with van der Waals surface area (Å²) in [5, 5.41) is 0. The van der Waals surface area contributed by atoms with E-state index >= 15 is 0 Å². The van der Waals surface area contributed by atoms with E-state index in [1.165, 1.54) is 11.1 Å². The molecule has 0 spiro atoms. The zero-order valence-corrected chi connectivity index (χ0v) is 17.4. The number of amides is 1. The van der Waals surface area contributed by atoms with Crippen molar-refractivity contribution in [3.05, 3.63) is 71.8 Å². The maximum Gasteiger partial charge on any atom is 0.260 e. The van der Waals surface area contributed by atoms with Crippen LogP contribution in [0, 0.1) is 6.92 Å². The van der Waals surface area contributed by atoms with Gasteiger partial charge in [0.25, 0.3) is 5.91 Å². The van der Waals surface area contributed by atoms with E-state index in [9.17, 15) is 4.79 Å². The van der Waals surface area contributed by atoms with Gasteiger partial charge in [0.05, 0.1) is 7.11 Å². The molecule has 0 N–H and O–H groups in total. The number of piperazine rings is 1. The van der Waals surface area contributed by atoms with Crippen molar-refractivity contribution in [2.24, 2.45) is 0 Å². The number of nitrogens with zero attached hydrogens (tertiary/aromatic N) is 2. The molecule has 0 aromatic heterocycles. The molecule has 3 rings (SSSR count). The average Bonchev–Trinajstić information content (AvgIpc) is 2.73. The molecule has 0 atom stereocenters. The second-order valence-electron chi connectivity index (χ2n) is 7.41. The molecule has 0 unspecified atom stereocenters. The van der Waals surface area contributed by atoms with Crippen LogP contribution < -0.4 is 9.47 Å². The van der Waals surface area contributed by atoms with E-state index in [-0.39, 0.29) is 12.5 Å². The predicted molar refractivity (Wildman–Crippen MR) is 115 cm³/mol. The molecule has 0 aliphatic carbocycles. The van der Waals surface area contributed by atoms with Crippen LogP contribution >= 0.6 is 0 Å². The molecule has 1 amide bonds. The highest BCUT2D eigenvalue weighted by atomic mass is 16.5. The van der Waals surface area contributed by atoms with Gasteiger partial charge in [0.2, 0.25) is 0 Å². The highest BCUT2D eigenvalue weighted by molar-refractivity contribution is 5.78. The van der Waals surface area contributed by atoms with Crippen LogP contribution in [-0.2, 0) is 17.8 Å². The van der Waals surface area contributed by atoms with Gasteiger partial charge in [-0.2, -0.15) is 0 Å². The summed E-state index contributed by atoms with van der Waals surface area (Å²) in [5.41, 5.74) is 3.70. The molecule has 2 aromatic rings. The minimum absolute atomic E-state index is 0.0115. The van der Waals surface area contributed by atoms with Crippen molar-refractivity contribution >= 4 is 5.91 Å². The summed E-state index contributed by atoms with van der Waals surface area (Å²) < 4.78 is 11.2. The Morgan fingerprint density at radius 2 is 1.86 bits per heavy atom. The Kier molecular flexibility index (Phi) is 7.30. The molecule has 2 aromatic carbocycles.